The molecule has 0 unspecified atom stereocenters. The van der Waals surface area contributed by atoms with Crippen LogP contribution < -0.4 is 0 Å². The third-order valence-electron chi connectivity index (χ3n) is 2.34. The van der Waals surface area contributed by atoms with Crippen molar-refractivity contribution in [3.63, 3.8) is 0 Å². The molecule has 0 aliphatic rings. The normalized spacial score (nSPS) is 10.7. The minimum Gasteiger partial charge on any atom is -0.478 e. The van der Waals surface area contributed by atoms with E-state index in [0.29, 0.717) is 12.2 Å². The summed E-state index contributed by atoms with van der Waals surface area (Å²) in [5.41, 5.74) is 0.756. The maximum Gasteiger partial charge on any atom is 0.339 e. The Balaban J connectivity index is 2.69. The highest BCUT2D eigenvalue weighted by Gasteiger charge is 2.12. The summed E-state index contributed by atoms with van der Waals surface area (Å²) in [6, 6.07) is 0. The molecule has 5 nitrogen and oxygen atoms in total. The molecule has 5 heteroatoms. The number of carboxylic acids is 1. The molecule has 0 spiro atoms. The van der Waals surface area contributed by atoms with Crippen molar-refractivity contribution in [1.82, 2.24) is 14.9 Å². The zero-order valence-corrected chi connectivity index (χ0v) is 9.68. The summed E-state index contributed by atoms with van der Waals surface area (Å²) in [5, 5.41) is 8.96. The fourth-order valence-corrected chi connectivity index (χ4v) is 1.42. The summed E-state index contributed by atoms with van der Waals surface area (Å²) >= 11 is 0. The van der Waals surface area contributed by atoms with E-state index in [-0.39, 0.29) is 5.56 Å². The van der Waals surface area contributed by atoms with E-state index in [4.69, 9.17) is 5.11 Å². The van der Waals surface area contributed by atoms with E-state index in [9.17, 15) is 4.79 Å². The van der Waals surface area contributed by atoms with Crippen molar-refractivity contribution >= 4 is 5.97 Å². The lowest BCUT2D eigenvalue weighted by Crippen LogP contribution is -2.21. The maximum atomic E-state index is 10.9. The molecule has 1 aromatic rings. The Kier molecular flexibility index (Phi) is 4.85. The van der Waals surface area contributed by atoms with Crippen LogP contribution in [0.2, 0.25) is 0 Å². The zero-order chi connectivity index (χ0) is 12.0. The molecule has 88 valence electrons. The van der Waals surface area contributed by atoms with E-state index in [0.717, 1.165) is 19.4 Å². The van der Waals surface area contributed by atoms with Gasteiger partial charge in [-0.2, -0.15) is 0 Å². The predicted octanol–water partition coefficient (Wildman–Crippen LogP) is 1.41. The number of carbonyl (C=O) groups is 1. The fourth-order valence-electron chi connectivity index (χ4n) is 1.42. The smallest absolute Gasteiger partial charge is 0.339 e. The molecule has 0 aromatic carbocycles. The molecule has 0 radical (unpaired) electrons. The Bertz CT molecular complexity index is 355. The van der Waals surface area contributed by atoms with E-state index in [1.807, 2.05) is 7.05 Å². The van der Waals surface area contributed by atoms with E-state index in [1.54, 1.807) is 0 Å². The third kappa shape index (κ3) is 3.58. The molecule has 0 aliphatic heterocycles. The molecular weight excluding hydrogens is 206 g/mol. The predicted molar refractivity (Wildman–Crippen MR) is 60.2 cm³/mol. The average Bonchev–Trinajstić information content (AvgIpc) is 2.27. The Labute approximate surface area is 95.1 Å². The highest BCUT2D eigenvalue weighted by atomic mass is 16.4. The molecule has 0 aliphatic carbocycles. The first kappa shape index (κ1) is 12.6. The van der Waals surface area contributed by atoms with Gasteiger partial charge in [-0.3, -0.25) is 0 Å². The Morgan fingerprint density at radius 3 is 2.94 bits per heavy atom. The summed E-state index contributed by atoms with van der Waals surface area (Å²) in [4.78, 5) is 20.7. The number of hydrogen-bond donors (Lipinski definition) is 1. The summed E-state index contributed by atoms with van der Waals surface area (Å²) in [6.07, 6.45) is 4.96. The van der Waals surface area contributed by atoms with Gasteiger partial charge in [-0.05, 0) is 20.0 Å². The van der Waals surface area contributed by atoms with Crippen molar-refractivity contribution in [2.45, 2.75) is 26.3 Å². The van der Waals surface area contributed by atoms with Crippen LogP contribution in [0.25, 0.3) is 0 Å². The van der Waals surface area contributed by atoms with Crippen molar-refractivity contribution in [1.29, 1.82) is 0 Å². The molecule has 1 heterocycles. The first-order chi connectivity index (χ1) is 7.65. The number of rotatable bonds is 6. The van der Waals surface area contributed by atoms with Crippen molar-refractivity contribution in [3.8, 4) is 0 Å². The molecule has 1 N–H and O–H groups in total. The maximum absolute atomic E-state index is 10.9. The molecule has 1 aromatic heterocycles. The lowest BCUT2D eigenvalue weighted by atomic mass is 10.2. The highest BCUT2D eigenvalue weighted by Crippen LogP contribution is 2.07. The van der Waals surface area contributed by atoms with Gasteiger partial charge in [-0.15, -0.1) is 0 Å². The van der Waals surface area contributed by atoms with Gasteiger partial charge in [0.25, 0.3) is 0 Å². The Hall–Kier alpha value is -1.49. The fraction of sp³-hybridized carbons (Fsp3) is 0.545. The van der Waals surface area contributed by atoms with Gasteiger partial charge in [-0.1, -0.05) is 13.3 Å². The van der Waals surface area contributed by atoms with E-state index in [1.165, 1.54) is 12.5 Å². The van der Waals surface area contributed by atoms with E-state index < -0.39 is 5.97 Å². The van der Waals surface area contributed by atoms with Gasteiger partial charge in [0.1, 0.15) is 11.9 Å². The number of carboxylic acid groups (broad SMARTS) is 1. The SMILES string of the molecule is CCCCN(C)Cc1ncncc1C(=O)O. The van der Waals surface area contributed by atoms with Gasteiger partial charge >= 0.3 is 5.97 Å². The van der Waals surface area contributed by atoms with E-state index in [2.05, 4.69) is 21.8 Å². The third-order valence-corrected chi connectivity index (χ3v) is 2.34. The van der Waals surface area contributed by atoms with Crippen LogP contribution in [0.4, 0.5) is 0 Å². The molecule has 0 saturated carbocycles. The van der Waals surface area contributed by atoms with Crippen LogP contribution in [0.3, 0.4) is 0 Å². The molecule has 0 amide bonds. The Morgan fingerprint density at radius 1 is 1.56 bits per heavy atom. The second kappa shape index (κ2) is 6.17. The number of aromatic carboxylic acids is 1. The van der Waals surface area contributed by atoms with Crippen LogP contribution in [0.15, 0.2) is 12.5 Å². The Morgan fingerprint density at radius 2 is 2.31 bits per heavy atom. The van der Waals surface area contributed by atoms with Crippen molar-refractivity contribution < 1.29 is 9.90 Å². The number of nitrogens with zero attached hydrogens (tertiary/aromatic N) is 3. The van der Waals surface area contributed by atoms with Crippen LogP contribution in [0, 0.1) is 0 Å². The van der Waals surface area contributed by atoms with Gasteiger partial charge in [0.05, 0.1) is 5.69 Å². The second-order valence-corrected chi connectivity index (χ2v) is 3.78. The summed E-state index contributed by atoms with van der Waals surface area (Å²) in [6.45, 7) is 3.62. The van der Waals surface area contributed by atoms with Gasteiger partial charge in [-0.25, -0.2) is 14.8 Å². The average molecular weight is 223 g/mol. The zero-order valence-electron chi connectivity index (χ0n) is 9.68. The van der Waals surface area contributed by atoms with Crippen molar-refractivity contribution in [2.75, 3.05) is 13.6 Å². The summed E-state index contributed by atoms with van der Waals surface area (Å²) < 4.78 is 0. The first-order valence-electron chi connectivity index (χ1n) is 5.35. The van der Waals surface area contributed by atoms with Crippen LogP contribution in [0.1, 0.15) is 35.8 Å². The molecule has 0 fully saturated rings. The second-order valence-electron chi connectivity index (χ2n) is 3.78. The monoisotopic (exact) mass is 223 g/mol. The van der Waals surface area contributed by atoms with E-state index >= 15 is 0 Å². The number of hydrogen-bond acceptors (Lipinski definition) is 4. The summed E-state index contributed by atoms with van der Waals surface area (Å²) in [5.74, 6) is -0.973. The highest BCUT2D eigenvalue weighted by molar-refractivity contribution is 5.88. The first-order valence-corrected chi connectivity index (χ1v) is 5.35. The lowest BCUT2D eigenvalue weighted by Gasteiger charge is -2.16. The minimum atomic E-state index is -0.973. The summed E-state index contributed by atoms with van der Waals surface area (Å²) in [7, 11) is 1.96. The van der Waals surface area contributed by atoms with Crippen LogP contribution in [-0.4, -0.2) is 39.5 Å². The van der Waals surface area contributed by atoms with Gasteiger partial charge in [0.15, 0.2) is 0 Å². The molecule has 16 heavy (non-hydrogen) atoms. The van der Waals surface area contributed by atoms with Gasteiger partial charge < -0.3 is 10.0 Å². The topological polar surface area (TPSA) is 66.3 Å². The van der Waals surface area contributed by atoms with Crippen LogP contribution >= 0.6 is 0 Å². The lowest BCUT2D eigenvalue weighted by molar-refractivity contribution is 0.0693. The van der Waals surface area contributed by atoms with Crippen LogP contribution in [-0.2, 0) is 6.54 Å². The molecule has 1 rings (SSSR count). The molecule has 0 bridgehead atoms. The van der Waals surface area contributed by atoms with Gasteiger partial charge in [0, 0.05) is 12.7 Å². The number of unbranched alkanes of at least 4 members (excludes halogenated alkanes) is 1. The molecular formula is C11H17N3O2. The van der Waals surface area contributed by atoms with Crippen LogP contribution in [0.5, 0.6) is 0 Å². The minimum absolute atomic E-state index is 0.186. The largest absolute Gasteiger partial charge is 0.478 e. The standard InChI is InChI=1S/C11H17N3O2/c1-3-4-5-14(2)7-10-9(11(15)16)6-12-8-13-10/h6,8H,3-5,7H2,1-2H3,(H,15,16). The van der Waals surface area contributed by atoms with Crippen molar-refractivity contribution in [3.05, 3.63) is 23.8 Å². The quantitative estimate of drug-likeness (QED) is 0.789. The number of aromatic nitrogens is 2. The molecule has 0 saturated heterocycles. The van der Waals surface area contributed by atoms with Crippen molar-refractivity contribution in [2.24, 2.45) is 0 Å². The molecule has 0 atom stereocenters. The van der Waals surface area contributed by atoms with Gasteiger partial charge in [0.2, 0.25) is 0 Å².